The van der Waals surface area contributed by atoms with Gasteiger partial charge in [-0.3, -0.25) is 14.6 Å². The van der Waals surface area contributed by atoms with Gasteiger partial charge in [-0.1, -0.05) is 46.5 Å². The van der Waals surface area contributed by atoms with Crippen molar-refractivity contribution in [2.45, 2.75) is 78.6 Å². The van der Waals surface area contributed by atoms with Gasteiger partial charge in [-0.25, -0.2) is 0 Å². The Hall–Kier alpha value is -1.79. The van der Waals surface area contributed by atoms with Crippen LogP contribution in [0.2, 0.25) is 0 Å². The van der Waals surface area contributed by atoms with Gasteiger partial charge in [0.25, 0.3) is 0 Å². The zero-order valence-electron chi connectivity index (χ0n) is 19.8. The summed E-state index contributed by atoms with van der Waals surface area (Å²) >= 11 is 0. The molecule has 1 aliphatic heterocycles. The summed E-state index contributed by atoms with van der Waals surface area (Å²) in [7, 11) is 1.80. The molecule has 7 heteroatoms. The van der Waals surface area contributed by atoms with Crippen molar-refractivity contribution >= 4 is 17.8 Å². The molecule has 30 heavy (non-hydrogen) atoms. The standard InChI is InChI=1S/C23H45N5O2/c1-5-6-7-10-13-25-23(24-4)26-14-11-8-9-12-21(29)27-15-17-28(18-16-27)22(30)19-20(2)3/h20H,5-19H2,1-4H3,(H2,24,25,26). The number of guanidine groups is 1. The highest BCUT2D eigenvalue weighted by Crippen LogP contribution is 2.10. The normalized spacial score (nSPS) is 14.9. The molecule has 0 unspecified atom stereocenters. The van der Waals surface area contributed by atoms with Crippen LogP contribution in [0.3, 0.4) is 0 Å². The number of carbonyl (C=O) groups is 2. The first-order valence-electron chi connectivity index (χ1n) is 12.0. The molecule has 0 bridgehead atoms. The smallest absolute Gasteiger partial charge is 0.222 e. The first-order valence-corrected chi connectivity index (χ1v) is 12.0. The fraction of sp³-hybridized carbons (Fsp3) is 0.870. The minimum atomic E-state index is 0.218. The molecule has 0 aromatic carbocycles. The zero-order chi connectivity index (χ0) is 22.2. The molecule has 0 atom stereocenters. The van der Waals surface area contributed by atoms with Gasteiger partial charge in [-0.2, -0.15) is 0 Å². The Morgan fingerprint density at radius 3 is 1.87 bits per heavy atom. The number of rotatable bonds is 13. The lowest BCUT2D eigenvalue weighted by Gasteiger charge is -2.35. The highest BCUT2D eigenvalue weighted by molar-refractivity contribution is 5.79. The van der Waals surface area contributed by atoms with Crippen LogP contribution in [0.4, 0.5) is 0 Å². The van der Waals surface area contributed by atoms with Crippen LogP contribution in [0, 0.1) is 5.92 Å². The van der Waals surface area contributed by atoms with Crippen molar-refractivity contribution in [1.82, 2.24) is 20.4 Å². The summed E-state index contributed by atoms with van der Waals surface area (Å²) in [6.07, 6.45) is 9.15. The average molecular weight is 424 g/mol. The van der Waals surface area contributed by atoms with Gasteiger partial charge >= 0.3 is 0 Å². The largest absolute Gasteiger partial charge is 0.356 e. The molecule has 0 aromatic heterocycles. The molecule has 1 rings (SSSR count). The fourth-order valence-electron chi connectivity index (χ4n) is 3.61. The lowest BCUT2D eigenvalue weighted by Crippen LogP contribution is -2.50. The molecule has 0 aliphatic carbocycles. The van der Waals surface area contributed by atoms with E-state index in [0.29, 0.717) is 44.9 Å². The van der Waals surface area contributed by atoms with Gasteiger partial charge in [-0.05, 0) is 25.2 Å². The molecular weight excluding hydrogens is 378 g/mol. The predicted molar refractivity (Wildman–Crippen MR) is 125 cm³/mol. The Bertz CT molecular complexity index is 514. The number of nitrogens with one attached hydrogen (secondary N) is 2. The first kappa shape index (κ1) is 26.2. The maximum atomic E-state index is 12.4. The lowest BCUT2D eigenvalue weighted by atomic mass is 10.1. The van der Waals surface area contributed by atoms with Crippen LogP contribution < -0.4 is 10.6 Å². The minimum Gasteiger partial charge on any atom is -0.356 e. The summed E-state index contributed by atoms with van der Waals surface area (Å²) in [6, 6.07) is 0. The number of nitrogens with zero attached hydrogens (tertiary/aromatic N) is 3. The van der Waals surface area contributed by atoms with Gasteiger partial charge in [0, 0.05) is 59.2 Å². The van der Waals surface area contributed by atoms with Gasteiger partial charge in [0.1, 0.15) is 0 Å². The van der Waals surface area contributed by atoms with E-state index in [1.807, 2.05) is 9.80 Å². The SMILES string of the molecule is CCCCCCNC(=NC)NCCCCCC(=O)N1CCN(C(=O)CC(C)C)CC1. The Morgan fingerprint density at radius 1 is 0.833 bits per heavy atom. The summed E-state index contributed by atoms with van der Waals surface area (Å²) < 4.78 is 0. The van der Waals surface area contributed by atoms with Crippen LogP contribution in [0.5, 0.6) is 0 Å². The average Bonchev–Trinajstić information content (AvgIpc) is 2.73. The van der Waals surface area contributed by atoms with E-state index in [1.54, 1.807) is 7.05 Å². The van der Waals surface area contributed by atoms with Crippen LogP contribution in [0.1, 0.15) is 78.6 Å². The molecule has 7 nitrogen and oxygen atoms in total. The highest BCUT2D eigenvalue weighted by Gasteiger charge is 2.23. The predicted octanol–water partition coefficient (Wildman–Crippen LogP) is 3.01. The Kier molecular flexibility index (Phi) is 14.0. The molecule has 174 valence electrons. The van der Waals surface area contributed by atoms with Gasteiger partial charge in [0.15, 0.2) is 5.96 Å². The summed E-state index contributed by atoms with van der Waals surface area (Å²) in [4.78, 5) is 32.6. The molecule has 1 saturated heterocycles. The van der Waals surface area contributed by atoms with Crippen LogP contribution in [0.25, 0.3) is 0 Å². The Balaban J connectivity index is 2.07. The van der Waals surface area contributed by atoms with Crippen molar-refractivity contribution in [3.05, 3.63) is 0 Å². The number of amides is 2. The van der Waals surface area contributed by atoms with Crippen molar-refractivity contribution < 1.29 is 9.59 Å². The van der Waals surface area contributed by atoms with Crippen molar-refractivity contribution in [2.24, 2.45) is 10.9 Å². The molecule has 2 N–H and O–H groups in total. The molecule has 0 radical (unpaired) electrons. The second-order valence-corrected chi connectivity index (χ2v) is 8.66. The Morgan fingerprint density at radius 2 is 1.37 bits per heavy atom. The van der Waals surface area contributed by atoms with Crippen LogP contribution in [0.15, 0.2) is 4.99 Å². The second kappa shape index (κ2) is 16.0. The van der Waals surface area contributed by atoms with E-state index in [2.05, 4.69) is 36.4 Å². The second-order valence-electron chi connectivity index (χ2n) is 8.66. The Labute approximate surface area is 184 Å². The summed E-state index contributed by atoms with van der Waals surface area (Å²) in [5.41, 5.74) is 0. The molecule has 0 spiro atoms. The van der Waals surface area contributed by atoms with E-state index in [-0.39, 0.29) is 11.8 Å². The number of carbonyl (C=O) groups excluding carboxylic acids is 2. The van der Waals surface area contributed by atoms with E-state index >= 15 is 0 Å². The number of hydrogen-bond donors (Lipinski definition) is 2. The third-order valence-corrected chi connectivity index (χ3v) is 5.47. The van der Waals surface area contributed by atoms with E-state index in [1.165, 1.54) is 25.7 Å². The zero-order valence-corrected chi connectivity index (χ0v) is 19.8. The topological polar surface area (TPSA) is 77.0 Å². The van der Waals surface area contributed by atoms with E-state index < -0.39 is 0 Å². The van der Waals surface area contributed by atoms with Crippen molar-refractivity contribution in [3.63, 3.8) is 0 Å². The number of unbranched alkanes of at least 4 members (excludes halogenated alkanes) is 5. The number of piperazine rings is 1. The quantitative estimate of drug-likeness (QED) is 0.271. The fourth-order valence-corrected chi connectivity index (χ4v) is 3.61. The van der Waals surface area contributed by atoms with E-state index in [0.717, 1.165) is 38.3 Å². The summed E-state index contributed by atoms with van der Waals surface area (Å²) in [5.74, 6) is 1.69. The van der Waals surface area contributed by atoms with Gasteiger partial charge in [0.2, 0.25) is 11.8 Å². The van der Waals surface area contributed by atoms with Gasteiger partial charge < -0.3 is 20.4 Å². The van der Waals surface area contributed by atoms with Gasteiger partial charge in [0.05, 0.1) is 0 Å². The van der Waals surface area contributed by atoms with E-state index in [9.17, 15) is 9.59 Å². The maximum Gasteiger partial charge on any atom is 0.222 e. The summed E-state index contributed by atoms with van der Waals surface area (Å²) in [6.45, 7) is 10.9. The third kappa shape index (κ3) is 11.4. The van der Waals surface area contributed by atoms with E-state index in [4.69, 9.17) is 0 Å². The van der Waals surface area contributed by atoms with Crippen molar-refractivity contribution in [3.8, 4) is 0 Å². The number of aliphatic imine (C=N–C) groups is 1. The number of hydrogen-bond acceptors (Lipinski definition) is 3. The molecule has 1 heterocycles. The molecule has 0 saturated carbocycles. The van der Waals surface area contributed by atoms with Crippen LogP contribution in [-0.2, 0) is 9.59 Å². The van der Waals surface area contributed by atoms with Crippen LogP contribution in [-0.4, -0.2) is 73.9 Å². The maximum absolute atomic E-state index is 12.4. The van der Waals surface area contributed by atoms with Crippen molar-refractivity contribution in [1.29, 1.82) is 0 Å². The molecule has 0 aromatic rings. The van der Waals surface area contributed by atoms with Crippen LogP contribution >= 0.6 is 0 Å². The summed E-state index contributed by atoms with van der Waals surface area (Å²) in [5, 5.41) is 6.70. The highest BCUT2D eigenvalue weighted by atomic mass is 16.2. The molecule has 2 amide bonds. The first-order chi connectivity index (χ1) is 14.5. The molecule has 1 aliphatic rings. The minimum absolute atomic E-state index is 0.218. The van der Waals surface area contributed by atoms with Gasteiger partial charge in [-0.15, -0.1) is 0 Å². The molecule has 1 fully saturated rings. The van der Waals surface area contributed by atoms with Crippen molar-refractivity contribution in [2.75, 3.05) is 46.3 Å². The lowest BCUT2D eigenvalue weighted by molar-refractivity contribution is -0.140. The molecular formula is C23H45N5O2. The monoisotopic (exact) mass is 423 g/mol. The third-order valence-electron chi connectivity index (χ3n) is 5.47.